The first kappa shape index (κ1) is 6.84. The van der Waals surface area contributed by atoms with Gasteiger partial charge in [0, 0.05) is 11.6 Å². The van der Waals surface area contributed by atoms with E-state index in [0.717, 1.165) is 5.39 Å². The predicted octanol–water partition coefficient (Wildman–Crippen LogP) is 1.53. The fourth-order valence-electron chi connectivity index (χ4n) is 1.06. The highest BCUT2D eigenvalue weighted by molar-refractivity contribution is 6.01. The molecule has 60 valence electrons. The third-order valence-electron chi connectivity index (χ3n) is 1.61. The van der Waals surface area contributed by atoms with Crippen molar-refractivity contribution in [3.8, 4) is 0 Å². The van der Waals surface area contributed by atoms with Crippen LogP contribution >= 0.6 is 0 Å². The van der Waals surface area contributed by atoms with Crippen molar-refractivity contribution in [1.82, 2.24) is 4.98 Å². The quantitative estimate of drug-likeness (QED) is 0.692. The van der Waals surface area contributed by atoms with E-state index in [-0.39, 0.29) is 5.69 Å². The number of carboxylic acids is 1. The lowest BCUT2D eigenvalue weighted by Gasteiger charge is -1.92. The maximum Gasteiger partial charge on any atom is 0.355 e. The van der Waals surface area contributed by atoms with Crippen molar-refractivity contribution in [2.75, 3.05) is 0 Å². The lowest BCUT2D eigenvalue weighted by atomic mass is 10.2. The summed E-state index contributed by atoms with van der Waals surface area (Å²) in [4.78, 5) is 14.3. The summed E-state index contributed by atoms with van der Waals surface area (Å²) in [6.07, 6.45) is 4.32. The van der Waals surface area contributed by atoms with Crippen LogP contribution in [-0.4, -0.2) is 16.1 Å². The molecule has 0 aliphatic heterocycles. The van der Waals surface area contributed by atoms with Crippen LogP contribution in [0.25, 0.3) is 10.8 Å². The molecule has 4 heteroatoms. The Labute approximate surface area is 67.4 Å². The molecular weight excluding hydrogens is 158 g/mol. The molecule has 0 aliphatic carbocycles. The van der Waals surface area contributed by atoms with E-state index in [4.69, 9.17) is 9.52 Å². The fourth-order valence-corrected chi connectivity index (χ4v) is 1.06. The van der Waals surface area contributed by atoms with Crippen LogP contribution in [0.1, 0.15) is 10.5 Å². The summed E-state index contributed by atoms with van der Waals surface area (Å²) in [6.45, 7) is 0. The Morgan fingerprint density at radius 2 is 2.33 bits per heavy atom. The summed E-state index contributed by atoms with van der Waals surface area (Å²) in [5.41, 5.74) is 0.0289. The molecule has 1 N–H and O–H groups in total. The molecular formula is C8H5NO3. The van der Waals surface area contributed by atoms with Gasteiger partial charge in [-0.25, -0.2) is 9.78 Å². The van der Waals surface area contributed by atoms with Crippen molar-refractivity contribution >= 4 is 16.7 Å². The van der Waals surface area contributed by atoms with Crippen molar-refractivity contribution in [3.63, 3.8) is 0 Å². The lowest BCUT2D eigenvalue weighted by molar-refractivity contribution is 0.0693. The topological polar surface area (TPSA) is 63.3 Å². The van der Waals surface area contributed by atoms with Crippen LogP contribution in [0.5, 0.6) is 0 Å². The van der Waals surface area contributed by atoms with Crippen LogP contribution in [0.3, 0.4) is 0 Å². The number of nitrogens with zero attached hydrogens (tertiary/aromatic N) is 1. The van der Waals surface area contributed by atoms with Gasteiger partial charge in [-0.3, -0.25) is 0 Å². The fraction of sp³-hybridized carbons (Fsp3) is 0. The number of pyridine rings is 1. The molecule has 0 saturated carbocycles. The average Bonchev–Trinajstić information content (AvgIpc) is 2.49. The van der Waals surface area contributed by atoms with Crippen LogP contribution in [0, 0.1) is 0 Å². The number of fused-ring (bicyclic) bond motifs is 1. The van der Waals surface area contributed by atoms with E-state index in [1.54, 1.807) is 6.07 Å². The third-order valence-corrected chi connectivity index (χ3v) is 1.61. The molecule has 2 heterocycles. The molecule has 0 bridgehead atoms. The van der Waals surface area contributed by atoms with Gasteiger partial charge in [0.05, 0.1) is 11.6 Å². The minimum absolute atomic E-state index is 0.0289. The number of hydrogen-bond donors (Lipinski definition) is 1. The molecule has 0 aromatic carbocycles. The molecule has 0 unspecified atom stereocenters. The minimum atomic E-state index is -1.04. The number of carboxylic acid groups (broad SMARTS) is 1. The monoisotopic (exact) mass is 163 g/mol. The second kappa shape index (κ2) is 2.34. The van der Waals surface area contributed by atoms with Gasteiger partial charge in [0.2, 0.25) is 0 Å². The SMILES string of the molecule is O=C(O)c1nccc2cocc12. The number of aromatic nitrogens is 1. The molecule has 0 saturated heterocycles. The zero-order valence-corrected chi connectivity index (χ0v) is 6.02. The van der Waals surface area contributed by atoms with Gasteiger partial charge in [0.15, 0.2) is 5.69 Å². The normalized spacial score (nSPS) is 10.3. The molecule has 0 amide bonds. The second-order valence-electron chi connectivity index (χ2n) is 2.34. The van der Waals surface area contributed by atoms with Gasteiger partial charge < -0.3 is 9.52 Å². The van der Waals surface area contributed by atoms with Crippen molar-refractivity contribution in [2.45, 2.75) is 0 Å². The van der Waals surface area contributed by atoms with Gasteiger partial charge >= 0.3 is 5.97 Å². The number of furan rings is 1. The number of hydrogen-bond acceptors (Lipinski definition) is 3. The van der Waals surface area contributed by atoms with Gasteiger partial charge in [-0.05, 0) is 6.07 Å². The van der Waals surface area contributed by atoms with Gasteiger partial charge in [-0.2, -0.15) is 0 Å². The summed E-state index contributed by atoms with van der Waals surface area (Å²) < 4.78 is 4.85. The molecule has 0 atom stereocenters. The van der Waals surface area contributed by atoms with Crippen LogP contribution in [-0.2, 0) is 0 Å². The molecule has 0 aliphatic rings. The number of aromatic carboxylic acids is 1. The highest BCUT2D eigenvalue weighted by Crippen LogP contribution is 2.17. The molecule has 12 heavy (non-hydrogen) atoms. The Morgan fingerprint density at radius 3 is 3.08 bits per heavy atom. The third kappa shape index (κ3) is 0.852. The van der Waals surface area contributed by atoms with Crippen LogP contribution in [0.15, 0.2) is 29.2 Å². The van der Waals surface area contributed by atoms with E-state index in [1.165, 1.54) is 18.7 Å². The molecule has 0 radical (unpaired) electrons. The van der Waals surface area contributed by atoms with Crippen LogP contribution in [0.4, 0.5) is 0 Å². The average molecular weight is 163 g/mol. The molecule has 0 spiro atoms. The molecule has 4 nitrogen and oxygen atoms in total. The van der Waals surface area contributed by atoms with E-state index >= 15 is 0 Å². The molecule has 0 fully saturated rings. The molecule has 2 rings (SSSR count). The Hall–Kier alpha value is -1.84. The zero-order valence-electron chi connectivity index (χ0n) is 6.02. The van der Waals surface area contributed by atoms with Gasteiger partial charge in [0.1, 0.15) is 6.26 Å². The maximum absolute atomic E-state index is 10.6. The van der Waals surface area contributed by atoms with E-state index in [1.807, 2.05) is 0 Å². The van der Waals surface area contributed by atoms with Gasteiger partial charge in [0.25, 0.3) is 0 Å². The first-order chi connectivity index (χ1) is 5.79. The Balaban J connectivity index is 2.82. The number of rotatable bonds is 1. The van der Waals surface area contributed by atoms with Crippen LogP contribution in [0.2, 0.25) is 0 Å². The minimum Gasteiger partial charge on any atom is -0.476 e. The number of carbonyl (C=O) groups is 1. The molecule has 2 aromatic rings. The van der Waals surface area contributed by atoms with Crippen LogP contribution < -0.4 is 0 Å². The Kier molecular flexibility index (Phi) is 1.33. The van der Waals surface area contributed by atoms with E-state index in [2.05, 4.69) is 4.98 Å². The largest absolute Gasteiger partial charge is 0.476 e. The smallest absolute Gasteiger partial charge is 0.355 e. The van der Waals surface area contributed by atoms with Gasteiger partial charge in [-0.15, -0.1) is 0 Å². The maximum atomic E-state index is 10.6. The summed E-state index contributed by atoms with van der Waals surface area (Å²) >= 11 is 0. The highest BCUT2D eigenvalue weighted by atomic mass is 16.4. The zero-order chi connectivity index (χ0) is 8.55. The summed E-state index contributed by atoms with van der Waals surface area (Å²) in [5.74, 6) is -1.04. The highest BCUT2D eigenvalue weighted by Gasteiger charge is 2.10. The second-order valence-corrected chi connectivity index (χ2v) is 2.34. The Bertz CT molecular complexity index is 433. The summed E-state index contributed by atoms with van der Waals surface area (Å²) in [7, 11) is 0. The van der Waals surface area contributed by atoms with Crippen molar-refractivity contribution in [2.24, 2.45) is 0 Å². The first-order valence-electron chi connectivity index (χ1n) is 3.33. The van der Waals surface area contributed by atoms with E-state index < -0.39 is 5.97 Å². The van der Waals surface area contributed by atoms with Crippen molar-refractivity contribution in [3.05, 3.63) is 30.5 Å². The van der Waals surface area contributed by atoms with Gasteiger partial charge in [-0.1, -0.05) is 0 Å². The summed E-state index contributed by atoms with van der Waals surface area (Å²) in [5, 5.41) is 9.98. The molecule has 2 aromatic heterocycles. The lowest BCUT2D eigenvalue weighted by Crippen LogP contribution is -1.99. The standard InChI is InChI=1S/C8H5NO3/c10-8(11)7-6-4-12-3-5(6)1-2-9-7/h1-4H,(H,10,11). The summed E-state index contributed by atoms with van der Waals surface area (Å²) in [6, 6.07) is 1.70. The van der Waals surface area contributed by atoms with Crippen molar-refractivity contribution < 1.29 is 14.3 Å². The first-order valence-corrected chi connectivity index (χ1v) is 3.33. The van der Waals surface area contributed by atoms with Crippen molar-refractivity contribution in [1.29, 1.82) is 0 Å². The van der Waals surface area contributed by atoms with E-state index in [0.29, 0.717) is 5.39 Å². The Morgan fingerprint density at radius 1 is 1.50 bits per heavy atom. The predicted molar refractivity (Wildman–Crippen MR) is 41.0 cm³/mol. The van der Waals surface area contributed by atoms with E-state index in [9.17, 15) is 4.79 Å².